The van der Waals surface area contributed by atoms with Crippen molar-refractivity contribution in [3.05, 3.63) is 0 Å². The fourth-order valence-electron chi connectivity index (χ4n) is 2.69. The number of alkyl halides is 3. The van der Waals surface area contributed by atoms with Crippen LogP contribution in [-0.2, 0) is 9.53 Å². The highest BCUT2D eigenvalue weighted by molar-refractivity contribution is 5.81. The van der Waals surface area contributed by atoms with E-state index in [0.717, 1.165) is 17.7 Å². The number of nitrogens with zero attached hydrogens (tertiary/aromatic N) is 1. The second-order valence-corrected chi connectivity index (χ2v) is 5.72. The number of halogens is 3. The minimum absolute atomic E-state index is 0.188. The van der Waals surface area contributed by atoms with Gasteiger partial charge in [0.15, 0.2) is 0 Å². The van der Waals surface area contributed by atoms with Gasteiger partial charge in [-0.05, 0) is 38.5 Å². The van der Waals surface area contributed by atoms with Crippen LogP contribution in [0.3, 0.4) is 0 Å². The molecule has 1 saturated carbocycles. The number of hydrogen-bond acceptors (Lipinski definition) is 3. The Morgan fingerprint density at radius 2 is 2.00 bits per heavy atom. The second kappa shape index (κ2) is 5.89. The standard InChI is InChI=1S/C13H21F3N2O2/c1-8(9-2-3-9)18(7-13(14,15)16)12(19)11-5-4-10(6-17)20-11/h8-11H,2-7,17H2,1H3. The lowest BCUT2D eigenvalue weighted by Crippen LogP contribution is -2.49. The summed E-state index contributed by atoms with van der Waals surface area (Å²) in [6, 6.07) is -0.385. The van der Waals surface area contributed by atoms with Gasteiger partial charge in [-0.3, -0.25) is 4.79 Å². The van der Waals surface area contributed by atoms with Crippen molar-refractivity contribution in [3.63, 3.8) is 0 Å². The van der Waals surface area contributed by atoms with Gasteiger partial charge in [0, 0.05) is 12.6 Å². The Kier molecular flexibility index (Phi) is 4.59. The summed E-state index contributed by atoms with van der Waals surface area (Å²) in [7, 11) is 0. The number of carbonyl (C=O) groups is 1. The maximum atomic E-state index is 12.7. The lowest BCUT2D eigenvalue weighted by molar-refractivity contribution is -0.172. The molecule has 4 nitrogen and oxygen atoms in total. The summed E-state index contributed by atoms with van der Waals surface area (Å²) < 4.78 is 43.5. The Morgan fingerprint density at radius 3 is 2.45 bits per heavy atom. The summed E-state index contributed by atoms with van der Waals surface area (Å²) in [6.07, 6.45) is -2.51. The molecule has 7 heteroatoms. The first kappa shape index (κ1) is 15.6. The van der Waals surface area contributed by atoms with Crippen molar-refractivity contribution in [1.29, 1.82) is 0 Å². The van der Waals surface area contributed by atoms with Crippen LogP contribution in [0.4, 0.5) is 13.2 Å². The number of rotatable bonds is 5. The molecular weight excluding hydrogens is 273 g/mol. The third-order valence-electron chi connectivity index (χ3n) is 4.07. The smallest absolute Gasteiger partial charge is 0.364 e. The van der Waals surface area contributed by atoms with Gasteiger partial charge in [-0.2, -0.15) is 13.2 Å². The lowest BCUT2D eigenvalue weighted by atomic mass is 10.1. The molecule has 0 aromatic heterocycles. The molecule has 0 aromatic carbocycles. The van der Waals surface area contributed by atoms with Crippen LogP contribution in [0.1, 0.15) is 32.6 Å². The first-order valence-corrected chi connectivity index (χ1v) is 7.04. The molecule has 3 atom stereocenters. The largest absolute Gasteiger partial charge is 0.406 e. The molecule has 0 aromatic rings. The molecule has 3 unspecified atom stereocenters. The van der Waals surface area contributed by atoms with E-state index in [1.165, 1.54) is 0 Å². The van der Waals surface area contributed by atoms with Crippen molar-refractivity contribution in [2.75, 3.05) is 13.1 Å². The molecule has 0 spiro atoms. The van der Waals surface area contributed by atoms with Crippen molar-refractivity contribution in [3.8, 4) is 0 Å². The van der Waals surface area contributed by atoms with Crippen molar-refractivity contribution in [1.82, 2.24) is 4.90 Å². The fraction of sp³-hybridized carbons (Fsp3) is 0.923. The molecule has 1 heterocycles. The van der Waals surface area contributed by atoms with E-state index in [1.54, 1.807) is 6.92 Å². The van der Waals surface area contributed by atoms with E-state index in [2.05, 4.69) is 0 Å². The van der Waals surface area contributed by atoms with Crippen LogP contribution in [-0.4, -0.2) is 48.3 Å². The first-order valence-electron chi connectivity index (χ1n) is 7.04. The second-order valence-electron chi connectivity index (χ2n) is 5.72. The molecule has 1 saturated heterocycles. The normalized spacial score (nSPS) is 28.4. The number of amides is 1. The number of hydrogen-bond donors (Lipinski definition) is 1. The van der Waals surface area contributed by atoms with Crippen LogP contribution in [0.15, 0.2) is 0 Å². The van der Waals surface area contributed by atoms with Gasteiger partial charge in [0.1, 0.15) is 12.6 Å². The Labute approximate surface area is 116 Å². The highest BCUT2D eigenvalue weighted by atomic mass is 19.4. The molecule has 0 radical (unpaired) electrons. The lowest BCUT2D eigenvalue weighted by Gasteiger charge is -2.32. The van der Waals surface area contributed by atoms with E-state index in [1.807, 2.05) is 0 Å². The maximum absolute atomic E-state index is 12.7. The zero-order valence-electron chi connectivity index (χ0n) is 11.5. The van der Waals surface area contributed by atoms with Crippen molar-refractivity contribution in [2.45, 2.75) is 57.0 Å². The van der Waals surface area contributed by atoms with Crippen molar-refractivity contribution < 1.29 is 22.7 Å². The van der Waals surface area contributed by atoms with Crippen LogP contribution < -0.4 is 5.73 Å². The van der Waals surface area contributed by atoms with Crippen LogP contribution in [0, 0.1) is 5.92 Å². The van der Waals surface area contributed by atoms with Crippen LogP contribution in [0.5, 0.6) is 0 Å². The van der Waals surface area contributed by atoms with Gasteiger partial charge in [-0.1, -0.05) is 0 Å². The molecule has 1 aliphatic heterocycles. The molecule has 20 heavy (non-hydrogen) atoms. The van der Waals surface area contributed by atoms with Crippen LogP contribution in [0.2, 0.25) is 0 Å². The van der Waals surface area contributed by atoms with Crippen molar-refractivity contribution >= 4 is 5.91 Å². The van der Waals surface area contributed by atoms with Crippen LogP contribution >= 0.6 is 0 Å². The Morgan fingerprint density at radius 1 is 1.35 bits per heavy atom. The molecule has 116 valence electrons. The van der Waals surface area contributed by atoms with Gasteiger partial charge in [0.2, 0.25) is 0 Å². The molecular formula is C13H21F3N2O2. The summed E-state index contributed by atoms with van der Waals surface area (Å²) in [5, 5.41) is 0. The summed E-state index contributed by atoms with van der Waals surface area (Å²) >= 11 is 0. The monoisotopic (exact) mass is 294 g/mol. The minimum atomic E-state index is -4.38. The van der Waals surface area contributed by atoms with Crippen LogP contribution in [0.25, 0.3) is 0 Å². The Hall–Kier alpha value is -0.820. The molecule has 2 rings (SSSR count). The summed E-state index contributed by atoms with van der Waals surface area (Å²) in [5.41, 5.74) is 5.46. The van der Waals surface area contributed by atoms with Gasteiger partial charge < -0.3 is 15.4 Å². The van der Waals surface area contributed by atoms with Gasteiger partial charge >= 0.3 is 6.18 Å². The molecule has 0 bridgehead atoms. The quantitative estimate of drug-likeness (QED) is 0.839. The average Bonchev–Trinajstić information content (AvgIpc) is 3.11. The third-order valence-corrected chi connectivity index (χ3v) is 4.07. The fourth-order valence-corrected chi connectivity index (χ4v) is 2.69. The molecule has 1 amide bonds. The van der Waals surface area contributed by atoms with Gasteiger partial charge in [0.05, 0.1) is 6.10 Å². The van der Waals surface area contributed by atoms with Crippen molar-refractivity contribution in [2.24, 2.45) is 11.7 Å². The van der Waals surface area contributed by atoms with E-state index < -0.39 is 24.7 Å². The predicted octanol–water partition coefficient (Wildman–Crippen LogP) is 1.68. The van der Waals surface area contributed by atoms with E-state index >= 15 is 0 Å². The van der Waals surface area contributed by atoms with Gasteiger partial charge in [0.25, 0.3) is 5.91 Å². The van der Waals surface area contributed by atoms with E-state index in [9.17, 15) is 18.0 Å². The summed E-state index contributed by atoms with van der Waals surface area (Å²) in [6.45, 7) is 0.786. The van der Waals surface area contributed by atoms with E-state index in [4.69, 9.17) is 10.5 Å². The Balaban J connectivity index is 2.03. The minimum Gasteiger partial charge on any atom is -0.364 e. The highest BCUT2D eigenvalue weighted by Crippen LogP contribution is 2.37. The highest BCUT2D eigenvalue weighted by Gasteiger charge is 2.43. The van der Waals surface area contributed by atoms with Gasteiger partial charge in [-0.25, -0.2) is 0 Å². The zero-order chi connectivity index (χ0) is 14.9. The molecule has 2 N–H and O–H groups in total. The predicted molar refractivity (Wildman–Crippen MR) is 66.9 cm³/mol. The Bertz CT molecular complexity index is 358. The number of nitrogens with two attached hydrogens (primary N) is 1. The number of carbonyl (C=O) groups excluding carboxylic acids is 1. The topological polar surface area (TPSA) is 55.6 Å². The zero-order valence-corrected chi connectivity index (χ0v) is 11.5. The summed E-state index contributed by atoms with van der Waals surface area (Å²) in [5.74, 6) is -0.356. The SMILES string of the molecule is CC(C1CC1)N(CC(F)(F)F)C(=O)C1CCC(CN)O1. The molecule has 2 fully saturated rings. The van der Waals surface area contributed by atoms with Gasteiger partial charge in [-0.15, -0.1) is 0 Å². The third kappa shape index (κ3) is 3.85. The van der Waals surface area contributed by atoms with E-state index in [0.29, 0.717) is 19.4 Å². The summed E-state index contributed by atoms with van der Waals surface area (Å²) in [4.78, 5) is 13.3. The average molecular weight is 294 g/mol. The van der Waals surface area contributed by atoms with E-state index in [-0.39, 0.29) is 18.1 Å². The molecule has 2 aliphatic rings. The maximum Gasteiger partial charge on any atom is 0.406 e. The first-order chi connectivity index (χ1) is 9.31. The number of ether oxygens (including phenoxy) is 1. The molecule has 1 aliphatic carbocycles.